The summed E-state index contributed by atoms with van der Waals surface area (Å²) in [6.45, 7) is 14.1. The highest BCUT2D eigenvalue weighted by molar-refractivity contribution is 5.90. The molecular formula is C24H34N2O2. The SMILES string of the molecule is CC(C)(C)c1ccc(OCCCNC(=O)Nc2ccccc2C(C)(C)C)cc1. The van der Waals surface area contributed by atoms with E-state index < -0.39 is 0 Å². The largest absolute Gasteiger partial charge is 0.494 e. The minimum absolute atomic E-state index is 0.0275. The summed E-state index contributed by atoms with van der Waals surface area (Å²) in [5, 5.41) is 5.85. The Kier molecular flexibility index (Phi) is 7.11. The second-order valence-electron chi connectivity index (χ2n) is 9.15. The molecule has 2 aromatic rings. The number of anilines is 1. The Morgan fingerprint density at radius 1 is 0.893 bits per heavy atom. The lowest BCUT2D eigenvalue weighted by atomic mass is 9.86. The number of carbonyl (C=O) groups excluding carboxylic acids is 1. The van der Waals surface area contributed by atoms with Crippen LogP contribution in [0.4, 0.5) is 10.5 Å². The summed E-state index contributed by atoms with van der Waals surface area (Å²) in [7, 11) is 0. The molecule has 0 spiro atoms. The van der Waals surface area contributed by atoms with E-state index in [9.17, 15) is 4.79 Å². The third kappa shape index (κ3) is 6.59. The first-order chi connectivity index (χ1) is 13.1. The van der Waals surface area contributed by atoms with Gasteiger partial charge in [-0.15, -0.1) is 0 Å². The molecule has 152 valence electrons. The van der Waals surface area contributed by atoms with Crippen LogP contribution in [0.15, 0.2) is 48.5 Å². The monoisotopic (exact) mass is 382 g/mol. The molecule has 2 amide bonds. The van der Waals surface area contributed by atoms with Gasteiger partial charge in [-0.3, -0.25) is 0 Å². The summed E-state index contributed by atoms with van der Waals surface area (Å²) in [6.07, 6.45) is 0.745. The molecule has 0 aromatic heterocycles. The van der Waals surface area contributed by atoms with Crippen molar-refractivity contribution in [2.24, 2.45) is 0 Å². The van der Waals surface area contributed by atoms with Crippen LogP contribution in [0.5, 0.6) is 5.75 Å². The van der Waals surface area contributed by atoms with Gasteiger partial charge >= 0.3 is 6.03 Å². The Hall–Kier alpha value is -2.49. The van der Waals surface area contributed by atoms with Gasteiger partial charge in [0.05, 0.1) is 6.61 Å². The number of urea groups is 1. The van der Waals surface area contributed by atoms with Crippen LogP contribution in [0.2, 0.25) is 0 Å². The lowest BCUT2D eigenvalue weighted by molar-refractivity contribution is 0.250. The predicted molar refractivity (Wildman–Crippen MR) is 117 cm³/mol. The fraction of sp³-hybridized carbons (Fsp3) is 0.458. The zero-order chi connectivity index (χ0) is 20.8. The summed E-state index contributed by atoms with van der Waals surface area (Å²) in [5.74, 6) is 0.858. The van der Waals surface area contributed by atoms with Gasteiger partial charge in [-0.2, -0.15) is 0 Å². The van der Waals surface area contributed by atoms with Gasteiger partial charge in [0.25, 0.3) is 0 Å². The first-order valence-corrected chi connectivity index (χ1v) is 9.95. The molecule has 0 bridgehead atoms. The molecule has 0 saturated carbocycles. The maximum atomic E-state index is 12.2. The molecule has 2 N–H and O–H groups in total. The highest BCUT2D eigenvalue weighted by Crippen LogP contribution is 2.29. The topological polar surface area (TPSA) is 50.4 Å². The molecule has 4 heteroatoms. The number of benzene rings is 2. The number of carbonyl (C=O) groups is 1. The van der Waals surface area contributed by atoms with Crippen molar-refractivity contribution in [1.82, 2.24) is 5.32 Å². The van der Waals surface area contributed by atoms with Gasteiger partial charge in [0, 0.05) is 12.2 Å². The zero-order valence-electron chi connectivity index (χ0n) is 18.1. The van der Waals surface area contributed by atoms with Crippen molar-refractivity contribution in [2.75, 3.05) is 18.5 Å². The first kappa shape index (κ1) is 21.8. The highest BCUT2D eigenvalue weighted by atomic mass is 16.5. The van der Waals surface area contributed by atoms with Crippen LogP contribution in [0, 0.1) is 0 Å². The predicted octanol–water partition coefficient (Wildman–Crippen LogP) is 5.87. The Labute approximate surface area is 169 Å². The van der Waals surface area contributed by atoms with E-state index in [1.54, 1.807) is 0 Å². The van der Waals surface area contributed by atoms with E-state index in [-0.39, 0.29) is 16.9 Å². The van der Waals surface area contributed by atoms with Crippen molar-refractivity contribution < 1.29 is 9.53 Å². The molecule has 0 aliphatic heterocycles. The highest BCUT2D eigenvalue weighted by Gasteiger charge is 2.18. The third-order valence-electron chi connectivity index (χ3n) is 4.58. The average molecular weight is 383 g/mol. The molecule has 0 heterocycles. The van der Waals surface area contributed by atoms with Crippen LogP contribution in [0.25, 0.3) is 0 Å². The molecule has 28 heavy (non-hydrogen) atoms. The number of nitrogens with one attached hydrogen (secondary N) is 2. The van der Waals surface area contributed by atoms with Crippen molar-refractivity contribution in [3.05, 3.63) is 59.7 Å². The van der Waals surface area contributed by atoms with Crippen LogP contribution in [0.1, 0.15) is 59.1 Å². The lowest BCUT2D eigenvalue weighted by Gasteiger charge is -2.23. The van der Waals surface area contributed by atoms with Crippen LogP contribution in [-0.4, -0.2) is 19.2 Å². The molecule has 2 rings (SSSR count). The second-order valence-corrected chi connectivity index (χ2v) is 9.15. The van der Waals surface area contributed by atoms with Gasteiger partial charge < -0.3 is 15.4 Å². The van der Waals surface area contributed by atoms with Gasteiger partial charge in [0.15, 0.2) is 0 Å². The fourth-order valence-electron chi connectivity index (χ4n) is 2.93. The molecule has 0 radical (unpaired) electrons. The number of amides is 2. The minimum Gasteiger partial charge on any atom is -0.494 e. The number of ether oxygens (including phenoxy) is 1. The van der Waals surface area contributed by atoms with E-state index >= 15 is 0 Å². The van der Waals surface area contributed by atoms with E-state index in [1.165, 1.54) is 5.56 Å². The maximum Gasteiger partial charge on any atom is 0.319 e. The molecule has 0 unspecified atom stereocenters. The van der Waals surface area contributed by atoms with E-state index in [0.717, 1.165) is 23.4 Å². The van der Waals surface area contributed by atoms with Crippen LogP contribution in [-0.2, 0) is 10.8 Å². The summed E-state index contributed by atoms with van der Waals surface area (Å²) in [5.41, 5.74) is 3.37. The standard InChI is InChI=1S/C24H34N2O2/c1-23(2,3)18-12-14-19(15-13-18)28-17-9-16-25-22(27)26-21-11-8-7-10-20(21)24(4,5)6/h7-8,10-15H,9,16-17H2,1-6H3,(H2,25,26,27). The van der Waals surface area contributed by atoms with Crippen molar-refractivity contribution in [1.29, 1.82) is 0 Å². The van der Waals surface area contributed by atoms with E-state index in [0.29, 0.717) is 13.2 Å². The number of para-hydroxylation sites is 1. The quantitative estimate of drug-likeness (QED) is 0.614. The van der Waals surface area contributed by atoms with Gasteiger partial charge in [-0.25, -0.2) is 4.79 Å². The fourth-order valence-corrected chi connectivity index (χ4v) is 2.93. The van der Waals surface area contributed by atoms with Crippen molar-refractivity contribution in [3.8, 4) is 5.75 Å². The van der Waals surface area contributed by atoms with Crippen molar-refractivity contribution in [3.63, 3.8) is 0 Å². The van der Waals surface area contributed by atoms with Crippen LogP contribution >= 0.6 is 0 Å². The van der Waals surface area contributed by atoms with Gasteiger partial charge in [0.2, 0.25) is 0 Å². The smallest absolute Gasteiger partial charge is 0.319 e. The Bertz CT molecular complexity index is 768. The summed E-state index contributed by atoms with van der Waals surface area (Å²) in [4.78, 5) is 12.2. The Morgan fingerprint density at radius 3 is 2.14 bits per heavy atom. The third-order valence-corrected chi connectivity index (χ3v) is 4.58. The molecule has 0 fully saturated rings. The number of hydrogen-bond acceptors (Lipinski definition) is 2. The minimum atomic E-state index is -0.189. The average Bonchev–Trinajstić information content (AvgIpc) is 2.60. The summed E-state index contributed by atoms with van der Waals surface area (Å²) >= 11 is 0. The molecule has 0 aliphatic rings. The zero-order valence-corrected chi connectivity index (χ0v) is 18.1. The molecule has 4 nitrogen and oxygen atoms in total. The Morgan fingerprint density at radius 2 is 1.54 bits per heavy atom. The van der Waals surface area contributed by atoms with Crippen LogP contribution < -0.4 is 15.4 Å². The van der Waals surface area contributed by atoms with Gasteiger partial charge in [-0.1, -0.05) is 71.9 Å². The second kappa shape index (κ2) is 9.13. The van der Waals surface area contributed by atoms with E-state index in [1.807, 2.05) is 36.4 Å². The van der Waals surface area contributed by atoms with Gasteiger partial charge in [-0.05, 0) is 46.6 Å². The van der Waals surface area contributed by atoms with E-state index in [2.05, 4.69) is 64.3 Å². The lowest BCUT2D eigenvalue weighted by Crippen LogP contribution is -2.31. The van der Waals surface area contributed by atoms with E-state index in [4.69, 9.17) is 4.74 Å². The Balaban J connectivity index is 1.74. The van der Waals surface area contributed by atoms with Crippen molar-refractivity contribution >= 4 is 11.7 Å². The van der Waals surface area contributed by atoms with Crippen LogP contribution in [0.3, 0.4) is 0 Å². The number of rotatable bonds is 6. The summed E-state index contributed by atoms with van der Waals surface area (Å²) < 4.78 is 5.77. The number of hydrogen-bond donors (Lipinski definition) is 2. The molecule has 2 aromatic carbocycles. The molecule has 0 aliphatic carbocycles. The normalized spacial score (nSPS) is 11.8. The maximum absolute atomic E-state index is 12.2. The van der Waals surface area contributed by atoms with Crippen molar-refractivity contribution in [2.45, 2.75) is 58.8 Å². The molecule has 0 saturated heterocycles. The first-order valence-electron chi connectivity index (χ1n) is 9.95. The summed E-state index contributed by atoms with van der Waals surface area (Å²) in [6, 6.07) is 15.9. The molecule has 0 atom stereocenters. The van der Waals surface area contributed by atoms with Gasteiger partial charge in [0.1, 0.15) is 5.75 Å². The molecular weight excluding hydrogens is 348 g/mol.